The summed E-state index contributed by atoms with van der Waals surface area (Å²) in [5, 5.41) is 3.48. The van der Waals surface area contributed by atoms with Gasteiger partial charge in [0.1, 0.15) is 0 Å². The Labute approximate surface area is 92.8 Å². The molecule has 0 saturated carbocycles. The molecule has 1 N–H and O–H groups in total. The Morgan fingerprint density at radius 2 is 2.33 bits per heavy atom. The molecule has 2 rings (SSSR count). The summed E-state index contributed by atoms with van der Waals surface area (Å²) in [5.74, 6) is 0. The summed E-state index contributed by atoms with van der Waals surface area (Å²) in [6.45, 7) is 1.16. The molecule has 1 fully saturated rings. The van der Waals surface area contributed by atoms with E-state index in [2.05, 4.69) is 43.2 Å². The molecule has 1 aromatic rings. The van der Waals surface area contributed by atoms with Crippen molar-refractivity contribution in [3.8, 4) is 0 Å². The van der Waals surface area contributed by atoms with Crippen molar-refractivity contribution >= 4 is 43.2 Å². The highest BCUT2D eigenvalue weighted by Crippen LogP contribution is 2.37. The van der Waals surface area contributed by atoms with E-state index < -0.39 is 0 Å². The van der Waals surface area contributed by atoms with Gasteiger partial charge >= 0.3 is 0 Å². The van der Waals surface area contributed by atoms with Crippen LogP contribution in [0.5, 0.6) is 0 Å². The number of hydrogen-bond acceptors (Lipinski definition) is 2. The van der Waals surface area contributed by atoms with Gasteiger partial charge in [0, 0.05) is 15.4 Å². The number of rotatable bonds is 1. The van der Waals surface area contributed by atoms with Crippen molar-refractivity contribution in [3.05, 3.63) is 19.2 Å². The maximum Gasteiger partial charge on any atom is 0.0843 e. The van der Waals surface area contributed by atoms with E-state index in [0.29, 0.717) is 6.04 Å². The lowest BCUT2D eigenvalue weighted by Crippen LogP contribution is -2.11. The second-order valence-electron chi connectivity index (χ2n) is 2.92. The number of hydrogen-bond donors (Lipinski definition) is 1. The minimum Gasteiger partial charge on any atom is -0.309 e. The van der Waals surface area contributed by atoms with Crippen LogP contribution in [0.4, 0.5) is 0 Å². The van der Waals surface area contributed by atoms with Crippen molar-refractivity contribution in [1.29, 1.82) is 0 Å². The molecule has 0 aliphatic carbocycles. The van der Waals surface area contributed by atoms with Crippen LogP contribution >= 0.6 is 43.2 Å². The van der Waals surface area contributed by atoms with Gasteiger partial charge in [-0.15, -0.1) is 11.3 Å². The number of halogens is 2. The molecule has 12 heavy (non-hydrogen) atoms. The molecule has 0 radical (unpaired) electrons. The minimum absolute atomic E-state index is 0.595. The topological polar surface area (TPSA) is 12.0 Å². The smallest absolute Gasteiger partial charge is 0.0843 e. The number of thiophene rings is 1. The molecule has 0 unspecified atom stereocenters. The molecular formula is C8H9Br2NS. The Kier molecular flexibility index (Phi) is 2.89. The van der Waals surface area contributed by atoms with Crippen LogP contribution in [0.3, 0.4) is 0 Å². The van der Waals surface area contributed by atoms with Crippen molar-refractivity contribution in [2.75, 3.05) is 6.54 Å². The molecule has 2 heterocycles. The standard InChI is InChI=1S/C8H9Br2NS/c9-5-4-7(12-8(5)10)6-2-1-3-11-6/h4,6,11H,1-3H2/t6-/m0/s1. The van der Waals surface area contributed by atoms with E-state index in [0.717, 1.165) is 6.54 Å². The van der Waals surface area contributed by atoms with Crippen molar-refractivity contribution in [1.82, 2.24) is 5.32 Å². The molecule has 1 saturated heterocycles. The van der Waals surface area contributed by atoms with Gasteiger partial charge in [-0.25, -0.2) is 0 Å². The highest BCUT2D eigenvalue weighted by atomic mass is 79.9. The normalized spacial score (nSPS) is 23.3. The Morgan fingerprint density at radius 1 is 1.50 bits per heavy atom. The van der Waals surface area contributed by atoms with E-state index in [-0.39, 0.29) is 0 Å². The summed E-state index contributed by atoms with van der Waals surface area (Å²) >= 11 is 8.82. The van der Waals surface area contributed by atoms with E-state index in [4.69, 9.17) is 0 Å². The van der Waals surface area contributed by atoms with Crippen LogP contribution in [0.25, 0.3) is 0 Å². The summed E-state index contributed by atoms with van der Waals surface area (Å²) in [7, 11) is 0. The van der Waals surface area contributed by atoms with Gasteiger partial charge in [0.25, 0.3) is 0 Å². The summed E-state index contributed by atoms with van der Waals surface area (Å²) < 4.78 is 2.38. The second kappa shape index (κ2) is 3.78. The Bertz CT molecular complexity index is 259. The maximum atomic E-state index is 3.51. The third-order valence-corrected chi connectivity index (χ3v) is 5.44. The largest absolute Gasteiger partial charge is 0.309 e. The molecule has 0 aromatic carbocycles. The van der Waals surface area contributed by atoms with Crippen LogP contribution in [0.1, 0.15) is 23.8 Å². The van der Waals surface area contributed by atoms with E-state index >= 15 is 0 Å². The average molecular weight is 311 g/mol. The molecule has 1 nitrogen and oxygen atoms in total. The van der Waals surface area contributed by atoms with Crippen LogP contribution in [0.2, 0.25) is 0 Å². The third-order valence-electron chi connectivity index (χ3n) is 2.07. The molecule has 1 atom stereocenters. The Hall–Kier alpha value is 0.620. The predicted molar refractivity (Wildman–Crippen MR) is 59.7 cm³/mol. The van der Waals surface area contributed by atoms with Crippen molar-refractivity contribution in [2.45, 2.75) is 18.9 Å². The molecule has 0 bridgehead atoms. The Morgan fingerprint density at radius 3 is 2.83 bits per heavy atom. The van der Waals surface area contributed by atoms with E-state index in [1.165, 1.54) is 26.0 Å². The van der Waals surface area contributed by atoms with E-state index in [9.17, 15) is 0 Å². The zero-order chi connectivity index (χ0) is 8.55. The zero-order valence-corrected chi connectivity index (χ0v) is 10.4. The molecule has 4 heteroatoms. The molecule has 1 aromatic heterocycles. The molecule has 0 spiro atoms. The lowest BCUT2D eigenvalue weighted by molar-refractivity contribution is 0.659. The average Bonchev–Trinajstić information content (AvgIpc) is 2.61. The van der Waals surface area contributed by atoms with Crippen molar-refractivity contribution < 1.29 is 0 Å². The van der Waals surface area contributed by atoms with Gasteiger partial charge < -0.3 is 5.32 Å². The van der Waals surface area contributed by atoms with Crippen LogP contribution in [0, 0.1) is 0 Å². The van der Waals surface area contributed by atoms with Crippen molar-refractivity contribution in [3.63, 3.8) is 0 Å². The van der Waals surface area contributed by atoms with Crippen LogP contribution in [-0.4, -0.2) is 6.54 Å². The first-order valence-corrected chi connectivity index (χ1v) is 6.36. The SMILES string of the molecule is Brc1cc([C@@H]2CCCN2)sc1Br. The van der Waals surface area contributed by atoms with Gasteiger partial charge in [-0.3, -0.25) is 0 Å². The summed E-state index contributed by atoms with van der Waals surface area (Å²) in [5.41, 5.74) is 0. The van der Waals surface area contributed by atoms with Gasteiger partial charge in [-0.1, -0.05) is 0 Å². The summed E-state index contributed by atoms with van der Waals surface area (Å²) in [6, 6.07) is 2.80. The van der Waals surface area contributed by atoms with Gasteiger partial charge in [0.2, 0.25) is 0 Å². The minimum atomic E-state index is 0.595. The first kappa shape index (κ1) is 9.19. The van der Waals surface area contributed by atoms with Gasteiger partial charge in [-0.2, -0.15) is 0 Å². The second-order valence-corrected chi connectivity index (χ2v) is 6.18. The highest BCUT2D eigenvalue weighted by Gasteiger charge is 2.18. The molecule has 1 aliphatic rings. The van der Waals surface area contributed by atoms with Crippen LogP contribution in [-0.2, 0) is 0 Å². The molecule has 1 aliphatic heterocycles. The molecular weight excluding hydrogens is 302 g/mol. The maximum absolute atomic E-state index is 3.51. The lowest BCUT2D eigenvalue weighted by Gasteiger charge is -2.05. The first-order valence-electron chi connectivity index (χ1n) is 3.95. The van der Waals surface area contributed by atoms with Gasteiger partial charge in [0.05, 0.1) is 3.79 Å². The fraction of sp³-hybridized carbons (Fsp3) is 0.500. The number of nitrogens with one attached hydrogen (secondary N) is 1. The summed E-state index contributed by atoms with van der Waals surface area (Å²) in [6.07, 6.45) is 2.58. The van der Waals surface area contributed by atoms with E-state index in [1.807, 2.05) is 11.3 Å². The quantitative estimate of drug-likeness (QED) is 0.834. The summed E-state index contributed by atoms with van der Waals surface area (Å²) in [4.78, 5) is 1.44. The molecule has 0 amide bonds. The van der Waals surface area contributed by atoms with E-state index in [1.54, 1.807) is 0 Å². The van der Waals surface area contributed by atoms with Crippen LogP contribution in [0.15, 0.2) is 14.3 Å². The highest BCUT2D eigenvalue weighted by molar-refractivity contribution is 9.13. The van der Waals surface area contributed by atoms with Crippen LogP contribution < -0.4 is 5.32 Å². The lowest BCUT2D eigenvalue weighted by atomic mass is 10.2. The molecule has 66 valence electrons. The van der Waals surface area contributed by atoms with Gasteiger partial charge in [0.15, 0.2) is 0 Å². The fourth-order valence-electron chi connectivity index (χ4n) is 1.46. The van der Waals surface area contributed by atoms with Gasteiger partial charge in [-0.05, 0) is 57.3 Å². The monoisotopic (exact) mass is 309 g/mol. The predicted octanol–water partition coefficient (Wildman–Crippen LogP) is 3.70. The zero-order valence-electron chi connectivity index (χ0n) is 6.44. The van der Waals surface area contributed by atoms with Crippen molar-refractivity contribution in [2.24, 2.45) is 0 Å². The third kappa shape index (κ3) is 1.76. The first-order chi connectivity index (χ1) is 5.77. The Balaban J connectivity index is 2.21. The fourth-order valence-corrected chi connectivity index (χ4v) is 3.66.